The van der Waals surface area contributed by atoms with E-state index in [1.54, 1.807) is 18.2 Å². The molecule has 4 N–H and O–H groups in total. The maximum absolute atomic E-state index is 12.6. The molecule has 0 saturated carbocycles. The van der Waals surface area contributed by atoms with E-state index in [0.29, 0.717) is 32.6 Å². The first kappa shape index (κ1) is 26.6. The highest BCUT2D eigenvalue weighted by Gasteiger charge is 2.35. The lowest BCUT2D eigenvalue weighted by Crippen LogP contribution is -2.52. The van der Waals surface area contributed by atoms with Crippen LogP contribution in [0.3, 0.4) is 0 Å². The number of unbranched alkanes of at least 4 members (excludes halogenated alkanes) is 3. The van der Waals surface area contributed by atoms with Gasteiger partial charge in [-0.25, -0.2) is 0 Å². The third-order valence-electron chi connectivity index (χ3n) is 5.32. The Kier molecular flexibility index (Phi) is 11.4. The number of hydrogen-bond acceptors (Lipinski definition) is 7. The maximum Gasteiger partial charge on any atom is 0.247 e. The van der Waals surface area contributed by atoms with Gasteiger partial charge >= 0.3 is 0 Å². The number of aliphatic hydroxyl groups is 2. The average molecular weight is 560 g/mol. The van der Waals surface area contributed by atoms with Crippen LogP contribution in [0.4, 0.5) is 0 Å². The van der Waals surface area contributed by atoms with E-state index in [1.807, 2.05) is 0 Å². The van der Waals surface area contributed by atoms with Crippen LogP contribution in [0.5, 0.6) is 11.5 Å². The van der Waals surface area contributed by atoms with Crippen molar-refractivity contribution in [2.45, 2.75) is 57.3 Å². The van der Waals surface area contributed by atoms with Crippen molar-refractivity contribution in [2.75, 3.05) is 26.8 Å². The summed E-state index contributed by atoms with van der Waals surface area (Å²) in [6.45, 7) is 2.88. The molecule has 0 radical (unpaired) electrons. The number of ether oxygens (including phenoxy) is 2. The molecule has 0 saturated heterocycles. The van der Waals surface area contributed by atoms with Crippen molar-refractivity contribution in [1.29, 1.82) is 0 Å². The van der Waals surface area contributed by atoms with Crippen LogP contribution in [0.25, 0.3) is 0 Å². The fraction of sp³-hybridized carbons (Fsp3) is 0.565. The Morgan fingerprint density at radius 3 is 2.72 bits per heavy atom. The summed E-state index contributed by atoms with van der Waals surface area (Å²) in [6, 6.07) is 2.88. The topological polar surface area (TPSA) is 117 Å². The van der Waals surface area contributed by atoms with E-state index >= 15 is 0 Å². The van der Waals surface area contributed by atoms with Gasteiger partial charge in [-0.3, -0.25) is 9.59 Å². The predicted molar refractivity (Wildman–Crippen MR) is 130 cm³/mol. The number of aldehydes is 1. The zero-order valence-corrected chi connectivity index (χ0v) is 20.8. The molecule has 1 amide bonds. The molecule has 3 atom stereocenters. The van der Waals surface area contributed by atoms with Gasteiger partial charge in [0.05, 0.1) is 17.3 Å². The summed E-state index contributed by atoms with van der Waals surface area (Å²) in [7, 11) is 1.48. The van der Waals surface area contributed by atoms with Gasteiger partial charge in [-0.05, 0) is 60.2 Å². The molecule has 0 bridgehead atoms. The number of rotatable bonds is 13. The van der Waals surface area contributed by atoms with Crippen LogP contribution < -0.4 is 20.1 Å². The van der Waals surface area contributed by atoms with Crippen LogP contribution >= 0.6 is 22.6 Å². The molecule has 1 aromatic carbocycles. The largest absolute Gasteiger partial charge is 0.493 e. The van der Waals surface area contributed by atoms with Crippen molar-refractivity contribution >= 4 is 34.8 Å². The molecule has 2 rings (SSSR count). The Labute approximate surface area is 202 Å². The molecule has 1 aliphatic rings. The molecule has 8 nitrogen and oxygen atoms in total. The first-order valence-electron chi connectivity index (χ1n) is 11.0. The van der Waals surface area contributed by atoms with Gasteiger partial charge in [0, 0.05) is 23.7 Å². The van der Waals surface area contributed by atoms with Crippen LogP contribution in [0.2, 0.25) is 0 Å². The molecule has 0 spiro atoms. The molecule has 0 unspecified atom stereocenters. The summed E-state index contributed by atoms with van der Waals surface area (Å²) >= 11 is 2.05. The minimum absolute atomic E-state index is 0.151. The van der Waals surface area contributed by atoms with E-state index in [0.717, 1.165) is 38.5 Å². The smallest absolute Gasteiger partial charge is 0.247 e. The number of carbonyl (C=O) groups is 2. The van der Waals surface area contributed by atoms with Crippen molar-refractivity contribution in [1.82, 2.24) is 10.6 Å². The summed E-state index contributed by atoms with van der Waals surface area (Å²) in [5, 5.41) is 26.1. The molecule has 0 aliphatic heterocycles. The Bertz CT molecular complexity index is 801. The van der Waals surface area contributed by atoms with Gasteiger partial charge in [0.15, 0.2) is 11.5 Å². The lowest BCUT2D eigenvalue weighted by atomic mass is 9.89. The fourth-order valence-electron chi connectivity index (χ4n) is 3.60. The van der Waals surface area contributed by atoms with Crippen molar-refractivity contribution in [3.63, 3.8) is 0 Å². The quantitative estimate of drug-likeness (QED) is 0.166. The minimum atomic E-state index is -0.887. The van der Waals surface area contributed by atoms with Gasteiger partial charge in [-0.2, -0.15) is 0 Å². The highest BCUT2D eigenvalue weighted by molar-refractivity contribution is 14.1. The van der Waals surface area contributed by atoms with Gasteiger partial charge in [-0.1, -0.05) is 26.2 Å². The lowest BCUT2D eigenvalue weighted by molar-refractivity contribution is -0.118. The molecular weight excluding hydrogens is 527 g/mol. The van der Waals surface area contributed by atoms with Gasteiger partial charge in [-0.15, -0.1) is 0 Å². The van der Waals surface area contributed by atoms with Crippen molar-refractivity contribution in [3.05, 3.63) is 32.9 Å². The third-order valence-corrected chi connectivity index (χ3v) is 6.12. The Morgan fingerprint density at radius 2 is 2.06 bits per heavy atom. The molecule has 178 valence electrons. The average Bonchev–Trinajstić information content (AvgIpc) is 2.80. The molecule has 0 aromatic heterocycles. The highest BCUT2D eigenvalue weighted by Crippen LogP contribution is 2.36. The van der Waals surface area contributed by atoms with Crippen molar-refractivity contribution < 1.29 is 29.3 Å². The van der Waals surface area contributed by atoms with Gasteiger partial charge in [0.25, 0.3) is 0 Å². The first-order chi connectivity index (χ1) is 15.4. The summed E-state index contributed by atoms with van der Waals surface area (Å²) in [5.41, 5.74) is 0.937. The molecule has 1 aromatic rings. The van der Waals surface area contributed by atoms with Crippen LogP contribution in [0.15, 0.2) is 23.8 Å². The SMILES string of the molecule is CCCCCCN[C@@H]1CC(C(=O)NCCO)=C[C@H](Oc2c(I)cc(C=O)cc2OC)[C@H]1O. The Balaban J connectivity index is 2.25. The molecule has 1 aliphatic carbocycles. The standard InChI is InChI=1S/C23H33IN2O6/c1-3-4-5-6-7-25-18-12-16(23(30)26-8-9-27)13-19(21(18)29)32-22-17(24)10-15(14-28)11-20(22)31-2/h10-11,13-14,18-19,21,25,27,29H,3-9,12H2,1-2H3,(H,26,30)/t18-,19+,21+/m1/s1. The second kappa shape index (κ2) is 13.8. The van der Waals surface area contributed by atoms with Crippen LogP contribution in [-0.2, 0) is 4.79 Å². The molecule has 0 fully saturated rings. The van der Waals surface area contributed by atoms with E-state index in [-0.39, 0.29) is 25.1 Å². The number of benzene rings is 1. The lowest BCUT2D eigenvalue weighted by Gasteiger charge is -2.34. The van der Waals surface area contributed by atoms with Gasteiger partial charge < -0.3 is 30.3 Å². The van der Waals surface area contributed by atoms with Crippen molar-refractivity contribution in [2.24, 2.45) is 0 Å². The van der Waals surface area contributed by atoms with E-state index in [1.165, 1.54) is 7.11 Å². The van der Waals surface area contributed by atoms with Crippen LogP contribution in [0.1, 0.15) is 49.4 Å². The summed E-state index contributed by atoms with van der Waals surface area (Å²) in [6.07, 6.45) is 5.40. The summed E-state index contributed by atoms with van der Waals surface area (Å²) in [4.78, 5) is 23.7. The van der Waals surface area contributed by atoms with E-state index in [9.17, 15) is 14.7 Å². The number of nitrogens with one attached hydrogen (secondary N) is 2. The number of aliphatic hydroxyl groups excluding tert-OH is 2. The number of amides is 1. The zero-order valence-electron chi connectivity index (χ0n) is 18.6. The van der Waals surface area contributed by atoms with Crippen LogP contribution in [0, 0.1) is 3.57 Å². The Hall–Kier alpha value is -1.69. The first-order valence-corrected chi connectivity index (χ1v) is 12.0. The molecular formula is C23H33IN2O6. The molecule has 9 heteroatoms. The Morgan fingerprint density at radius 1 is 1.28 bits per heavy atom. The normalized spacial score (nSPS) is 20.4. The number of hydrogen-bond donors (Lipinski definition) is 4. The minimum Gasteiger partial charge on any atom is -0.493 e. The van der Waals surface area contributed by atoms with Gasteiger partial charge in [0.2, 0.25) is 5.91 Å². The molecule has 0 heterocycles. The van der Waals surface area contributed by atoms with E-state index in [4.69, 9.17) is 14.6 Å². The highest BCUT2D eigenvalue weighted by atomic mass is 127. The van der Waals surface area contributed by atoms with Gasteiger partial charge in [0.1, 0.15) is 18.5 Å². The zero-order chi connectivity index (χ0) is 23.5. The van der Waals surface area contributed by atoms with Crippen molar-refractivity contribution in [3.8, 4) is 11.5 Å². The van der Waals surface area contributed by atoms with E-state index < -0.39 is 12.2 Å². The number of carbonyl (C=O) groups excluding carboxylic acids is 2. The number of halogens is 1. The summed E-state index contributed by atoms with van der Waals surface area (Å²) in [5.74, 6) is 0.480. The molecule has 32 heavy (non-hydrogen) atoms. The second-order valence-corrected chi connectivity index (χ2v) is 8.88. The maximum atomic E-state index is 12.6. The van der Waals surface area contributed by atoms with Crippen LogP contribution in [-0.4, -0.2) is 67.5 Å². The second-order valence-electron chi connectivity index (χ2n) is 7.72. The fourth-order valence-corrected chi connectivity index (χ4v) is 4.35. The summed E-state index contributed by atoms with van der Waals surface area (Å²) < 4.78 is 12.2. The monoisotopic (exact) mass is 560 g/mol. The van der Waals surface area contributed by atoms with E-state index in [2.05, 4.69) is 40.1 Å². The predicted octanol–water partition coefficient (Wildman–Crippen LogP) is 2.20. The number of methoxy groups -OCH3 is 1. The third kappa shape index (κ3) is 7.43.